The molecule has 3 atom stereocenters. The number of morpholine rings is 1. The minimum atomic E-state index is -3.42. The Morgan fingerprint density at radius 2 is 1.97 bits per heavy atom. The second-order valence-electron chi connectivity index (χ2n) is 8.54. The molecule has 168 valence electrons. The van der Waals surface area contributed by atoms with Crippen molar-refractivity contribution in [2.45, 2.75) is 31.8 Å². The van der Waals surface area contributed by atoms with Crippen LogP contribution in [0.25, 0.3) is 10.2 Å². The molecule has 5 rings (SSSR count). The highest BCUT2D eigenvalue weighted by Crippen LogP contribution is 2.42. The highest BCUT2D eigenvalue weighted by atomic mass is 32.2. The van der Waals surface area contributed by atoms with Crippen LogP contribution in [0, 0.1) is 5.92 Å². The van der Waals surface area contributed by atoms with E-state index in [4.69, 9.17) is 4.74 Å². The normalized spacial score (nSPS) is 28.0. The van der Waals surface area contributed by atoms with Crippen molar-refractivity contribution in [3.8, 4) is 0 Å². The average molecular weight is 465 g/mol. The molecule has 31 heavy (non-hydrogen) atoms. The van der Waals surface area contributed by atoms with Gasteiger partial charge in [0, 0.05) is 19.6 Å². The number of amides is 1. The number of sulfonamides is 1. The van der Waals surface area contributed by atoms with E-state index in [9.17, 15) is 13.2 Å². The summed E-state index contributed by atoms with van der Waals surface area (Å²) in [5, 5.41) is 0.678. The second-order valence-corrected chi connectivity index (χ2v) is 11.6. The molecule has 0 N–H and O–H groups in total. The van der Waals surface area contributed by atoms with E-state index >= 15 is 0 Å². The van der Waals surface area contributed by atoms with Crippen LogP contribution in [0.5, 0.6) is 0 Å². The first-order valence-corrected chi connectivity index (χ1v) is 13.4. The Bertz CT molecular complexity index is 1030. The minimum Gasteiger partial charge on any atom is -0.379 e. The van der Waals surface area contributed by atoms with Crippen LogP contribution in [0.3, 0.4) is 0 Å². The number of hydrogen-bond acceptors (Lipinski definition) is 7. The quantitative estimate of drug-likeness (QED) is 0.648. The number of para-hydroxylation sites is 1. The summed E-state index contributed by atoms with van der Waals surface area (Å²) < 4.78 is 34.4. The first-order valence-electron chi connectivity index (χ1n) is 10.9. The standard InChI is InChI=1S/C21H28N4O4S2/c1-15-19-17(25(20(15)26)21-22-16-5-2-3-6-18(16)30-21)7-9-24(19)31(27,28)14-4-8-23-10-12-29-13-11-23/h2-3,5-6,15,17,19H,4,7-14H2,1H3/t15-,17-,19+/m0/s1. The lowest BCUT2D eigenvalue weighted by atomic mass is 10.0. The molecule has 0 bridgehead atoms. The number of ether oxygens (including phenoxy) is 1. The highest BCUT2D eigenvalue weighted by molar-refractivity contribution is 7.89. The van der Waals surface area contributed by atoms with E-state index in [-0.39, 0.29) is 29.7 Å². The first-order chi connectivity index (χ1) is 15.0. The summed E-state index contributed by atoms with van der Waals surface area (Å²) in [6.45, 7) is 6.22. The maximum Gasteiger partial charge on any atom is 0.233 e. The zero-order valence-electron chi connectivity index (χ0n) is 17.6. The topological polar surface area (TPSA) is 83.1 Å². The monoisotopic (exact) mass is 464 g/mol. The van der Waals surface area contributed by atoms with Crippen molar-refractivity contribution < 1.29 is 17.9 Å². The predicted octanol–water partition coefficient (Wildman–Crippen LogP) is 1.77. The molecule has 3 aliphatic rings. The molecule has 8 nitrogen and oxygen atoms in total. The van der Waals surface area contributed by atoms with Crippen molar-refractivity contribution in [3.63, 3.8) is 0 Å². The summed E-state index contributed by atoms with van der Waals surface area (Å²) in [5.41, 5.74) is 0.872. The molecule has 3 aliphatic heterocycles. The van der Waals surface area contributed by atoms with Crippen molar-refractivity contribution >= 4 is 42.6 Å². The van der Waals surface area contributed by atoms with Gasteiger partial charge < -0.3 is 4.74 Å². The maximum absolute atomic E-state index is 13.2. The van der Waals surface area contributed by atoms with Gasteiger partial charge in [0.15, 0.2) is 5.13 Å². The fourth-order valence-electron chi connectivity index (χ4n) is 5.10. The van der Waals surface area contributed by atoms with Gasteiger partial charge in [0.05, 0.1) is 47.2 Å². The zero-order valence-corrected chi connectivity index (χ0v) is 19.3. The smallest absolute Gasteiger partial charge is 0.233 e. The van der Waals surface area contributed by atoms with Crippen molar-refractivity contribution in [1.82, 2.24) is 14.2 Å². The van der Waals surface area contributed by atoms with Gasteiger partial charge in [-0.3, -0.25) is 14.6 Å². The maximum atomic E-state index is 13.2. The Labute approximate surface area is 186 Å². The van der Waals surface area contributed by atoms with Gasteiger partial charge in [-0.05, 0) is 31.5 Å². The lowest BCUT2D eigenvalue weighted by Gasteiger charge is -2.28. The fraction of sp³-hybridized carbons (Fsp3) is 0.619. The molecular weight excluding hydrogens is 436 g/mol. The van der Waals surface area contributed by atoms with Crippen LogP contribution in [0.2, 0.25) is 0 Å². The van der Waals surface area contributed by atoms with Crippen LogP contribution in [0.15, 0.2) is 24.3 Å². The van der Waals surface area contributed by atoms with Crippen LogP contribution in [0.4, 0.5) is 5.13 Å². The van der Waals surface area contributed by atoms with Gasteiger partial charge in [0.25, 0.3) is 0 Å². The average Bonchev–Trinajstić information content (AvgIpc) is 3.44. The number of thiazole rings is 1. The Kier molecular flexibility index (Phi) is 5.76. The molecule has 1 aromatic carbocycles. The summed E-state index contributed by atoms with van der Waals surface area (Å²) in [6.07, 6.45) is 1.25. The fourth-order valence-corrected chi connectivity index (χ4v) is 7.94. The molecule has 0 saturated carbocycles. The number of aromatic nitrogens is 1. The lowest BCUT2D eigenvalue weighted by Crippen LogP contribution is -2.43. The number of anilines is 1. The summed E-state index contributed by atoms with van der Waals surface area (Å²) in [5.74, 6) is -0.272. The van der Waals surface area contributed by atoms with E-state index in [2.05, 4.69) is 9.88 Å². The van der Waals surface area contributed by atoms with E-state index in [1.807, 2.05) is 31.2 Å². The number of rotatable bonds is 6. The molecule has 0 unspecified atom stereocenters. The van der Waals surface area contributed by atoms with Gasteiger partial charge in [-0.15, -0.1) is 0 Å². The number of carbonyl (C=O) groups is 1. The lowest BCUT2D eigenvalue weighted by molar-refractivity contribution is -0.120. The summed E-state index contributed by atoms with van der Waals surface area (Å²) in [6, 6.07) is 7.38. The molecule has 1 aromatic heterocycles. The summed E-state index contributed by atoms with van der Waals surface area (Å²) in [7, 11) is -3.42. The summed E-state index contributed by atoms with van der Waals surface area (Å²) in [4.78, 5) is 21.8. The van der Waals surface area contributed by atoms with E-state index < -0.39 is 10.0 Å². The summed E-state index contributed by atoms with van der Waals surface area (Å²) >= 11 is 1.50. The van der Waals surface area contributed by atoms with Crippen molar-refractivity contribution in [1.29, 1.82) is 0 Å². The highest BCUT2D eigenvalue weighted by Gasteiger charge is 2.55. The van der Waals surface area contributed by atoms with E-state index in [0.717, 1.165) is 29.9 Å². The van der Waals surface area contributed by atoms with Crippen molar-refractivity contribution in [2.24, 2.45) is 5.92 Å². The number of fused-ring (bicyclic) bond motifs is 2. The number of carbonyl (C=O) groups excluding carboxylic acids is 1. The molecule has 10 heteroatoms. The SMILES string of the molecule is C[C@@H]1C(=O)N(c2nc3ccccc3s2)[C@H]2CCN(S(=O)(=O)CCCN3CCOCC3)[C@H]12. The second kappa shape index (κ2) is 8.40. The van der Waals surface area contributed by atoms with Crippen LogP contribution in [0.1, 0.15) is 19.8 Å². The zero-order chi connectivity index (χ0) is 21.6. The third-order valence-electron chi connectivity index (χ3n) is 6.67. The van der Waals surface area contributed by atoms with Gasteiger partial charge in [0.1, 0.15) is 0 Å². The number of hydrogen-bond donors (Lipinski definition) is 0. The number of nitrogens with zero attached hydrogens (tertiary/aromatic N) is 4. The molecule has 3 saturated heterocycles. The Morgan fingerprint density at radius 3 is 2.74 bits per heavy atom. The predicted molar refractivity (Wildman–Crippen MR) is 121 cm³/mol. The van der Waals surface area contributed by atoms with Gasteiger partial charge in [-0.25, -0.2) is 13.4 Å². The third-order valence-corrected chi connectivity index (χ3v) is 9.65. The molecule has 1 amide bonds. The van der Waals surface area contributed by atoms with E-state index in [1.54, 1.807) is 9.21 Å². The minimum absolute atomic E-state index is 0.0257. The molecule has 3 fully saturated rings. The molecule has 0 radical (unpaired) electrons. The number of benzene rings is 1. The third kappa shape index (κ3) is 3.89. The van der Waals surface area contributed by atoms with Crippen LogP contribution < -0.4 is 4.90 Å². The first kappa shape index (κ1) is 21.3. The van der Waals surface area contributed by atoms with E-state index in [0.29, 0.717) is 37.7 Å². The molecule has 2 aromatic rings. The molecule has 0 spiro atoms. The molecular formula is C21H28N4O4S2. The van der Waals surface area contributed by atoms with Crippen molar-refractivity contribution in [3.05, 3.63) is 24.3 Å². The van der Waals surface area contributed by atoms with Gasteiger partial charge in [-0.1, -0.05) is 30.4 Å². The Balaban J connectivity index is 1.31. The van der Waals surface area contributed by atoms with E-state index in [1.165, 1.54) is 11.3 Å². The van der Waals surface area contributed by atoms with Crippen LogP contribution in [-0.2, 0) is 19.6 Å². The van der Waals surface area contributed by atoms with Gasteiger partial charge in [-0.2, -0.15) is 4.31 Å². The largest absolute Gasteiger partial charge is 0.379 e. The molecule has 0 aliphatic carbocycles. The van der Waals surface area contributed by atoms with Crippen molar-refractivity contribution in [2.75, 3.05) is 50.0 Å². The van der Waals surface area contributed by atoms with Crippen LogP contribution >= 0.6 is 11.3 Å². The van der Waals surface area contributed by atoms with Gasteiger partial charge >= 0.3 is 0 Å². The molecule has 4 heterocycles. The Morgan fingerprint density at radius 1 is 1.19 bits per heavy atom. The van der Waals surface area contributed by atoms with Crippen LogP contribution in [-0.4, -0.2) is 85.7 Å². The Hall–Kier alpha value is -1.59. The van der Waals surface area contributed by atoms with Gasteiger partial charge in [0.2, 0.25) is 15.9 Å².